The van der Waals surface area contributed by atoms with Crippen LogP contribution >= 0.6 is 0 Å². The standard InChI is InChI=1S/C21H19NO2/c1-21(2)19(22(20(21)24)15-9-4-3-5-10-15)18-16-11-7-6-8-14(16)12-13-17(18)23/h3-13,19,23H,1-2H3. The van der Waals surface area contributed by atoms with Gasteiger partial charge in [-0.1, -0.05) is 48.5 Å². The lowest BCUT2D eigenvalue weighted by Gasteiger charge is -2.53. The van der Waals surface area contributed by atoms with E-state index in [0.29, 0.717) is 0 Å². The van der Waals surface area contributed by atoms with Gasteiger partial charge in [0.15, 0.2) is 0 Å². The Hall–Kier alpha value is -2.81. The van der Waals surface area contributed by atoms with Gasteiger partial charge in [-0.3, -0.25) is 4.79 Å². The lowest BCUT2D eigenvalue weighted by Crippen LogP contribution is -2.61. The number of β-lactam (4-membered cyclic amide) rings is 1. The van der Waals surface area contributed by atoms with Gasteiger partial charge in [0.05, 0.1) is 11.5 Å². The molecule has 0 saturated carbocycles. The zero-order chi connectivity index (χ0) is 16.9. The van der Waals surface area contributed by atoms with Crippen molar-refractivity contribution < 1.29 is 9.90 Å². The van der Waals surface area contributed by atoms with Crippen LogP contribution in [0.2, 0.25) is 0 Å². The van der Waals surface area contributed by atoms with Crippen molar-refractivity contribution in [3.63, 3.8) is 0 Å². The third kappa shape index (κ3) is 1.94. The van der Waals surface area contributed by atoms with Crippen molar-refractivity contribution in [2.75, 3.05) is 4.90 Å². The molecule has 0 aliphatic carbocycles. The second kappa shape index (κ2) is 5.10. The van der Waals surface area contributed by atoms with Crippen molar-refractivity contribution in [3.8, 4) is 5.75 Å². The minimum atomic E-state index is -0.558. The van der Waals surface area contributed by atoms with Crippen LogP contribution in [0, 0.1) is 5.41 Å². The van der Waals surface area contributed by atoms with Gasteiger partial charge in [-0.15, -0.1) is 0 Å². The number of amides is 1. The zero-order valence-electron chi connectivity index (χ0n) is 13.7. The Morgan fingerprint density at radius 3 is 2.33 bits per heavy atom. The van der Waals surface area contributed by atoms with Crippen LogP contribution in [0.15, 0.2) is 66.7 Å². The Balaban J connectivity index is 1.94. The van der Waals surface area contributed by atoms with Gasteiger partial charge in [0.25, 0.3) is 0 Å². The number of carbonyl (C=O) groups is 1. The number of fused-ring (bicyclic) bond motifs is 1. The minimum absolute atomic E-state index is 0.0750. The number of phenols is 1. The van der Waals surface area contributed by atoms with Gasteiger partial charge in [-0.2, -0.15) is 0 Å². The van der Waals surface area contributed by atoms with Crippen LogP contribution in [-0.2, 0) is 4.79 Å². The van der Waals surface area contributed by atoms with Gasteiger partial charge in [0.2, 0.25) is 5.91 Å². The zero-order valence-corrected chi connectivity index (χ0v) is 13.7. The summed E-state index contributed by atoms with van der Waals surface area (Å²) in [5, 5.41) is 12.6. The summed E-state index contributed by atoms with van der Waals surface area (Å²) in [7, 11) is 0. The highest BCUT2D eigenvalue weighted by atomic mass is 16.3. The highest BCUT2D eigenvalue weighted by molar-refractivity contribution is 6.07. The number of aromatic hydroxyl groups is 1. The maximum atomic E-state index is 12.8. The lowest BCUT2D eigenvalue weighted by atomic mass is 9.69. The van der Waals surface area contributed by atoms with E-state index in [9.17, 15) is 9.90 Å². The van der Waals surface area contributed by atoms with Crippen molar-refractivity contribution in [2.24, 2.45) is 5.41 Å². The average molecular weight is 317 g/mol. The van der Waals surface area contributed by atoms with E-state index in [4.69, 9.17) is 0 Å². The molecular formula is C21H19NO2. The Morgan fingerprint density at radius 2 is 1.58 bits per heavy atom. The molecule has 120 valence electrons. The minimum Gasteiger partial charge on any atom is -0.508 e. The highest BCUT2D eigenvalue weighted by Gasteiger charge is 2.56. The fourth-order valence-electron chi connectivity index (χ4n) is 3.72. The van der Waals surface area contributed by atoms with Gasteiger partial charge >= 0.3 is 0 Å². The monoisotopic (exact) mass is 317 g/mol. The molecule has 0 radical (unpaired) electrons. The number of benzene rings is 3. The molecule has 1 amide bonds. The maximum absolute atomic E-state index is 12.8. The molecule has 1 saturated heterocycles. The molecule has 0 spiro atoms. The van der Waals surface area contributed by atoms with E-state index in [0.717, 1.165) is 22.0 Å². The second-order valence-corrected chi connectivity index (χ2v) is 6.85. The molecule has 1 heterocycles. The molecule has 3 nitrogen and oxygen atoms in total. The van der Waals surface area contributed by atoms with E-state index >= 15 is 0 Å². The van der Waals surface area contributed by atoms with Crippen molar-refractivity contribution in [2.45, 2.75) is 19.9 Å². The summed E-state index contributed by atoms with van der Waals surface area (Å²) in [5.74, 6) is 0.311. The summed E-state index contributed by atoms with van der Waals surface area (Å²) in [5.41, 5.74) is 1.12. The van der Waals surface area contributed by atoms with Crippen LogP contribution in [0.25, 0.3) is 10.8 Å². The summed E-state index contributed by atoms with van der Waals surface area (Å²) >= 11 is 0. The SMILES string of the molecule is CC1(C)C(=O)N(c2ccccc2)C1c1c(O)ccc2ccccc12. The number of nitrogens with zero attached hydrogens (tertiary/aromatic N) is 1. The predicted molar refractivity (Wildman–Crippen MR) is 96.1 cm³/mol. The van der Waals surface area contributed by atoms with E-state index in [1.807, 2.05) is 74.5 Å². The molecule has 1 N–H and O–H groups in total. The summed E-state index contributed by atoms with van der Waals surface area (Å²) in [4.78, 5) is 14.6. The molecule has 1 fully saturated rings. The first-order valence-electron chi connectivity index (χ1n) is 8.11. The van der Waals surface area contributed by atoms with Crippen LogP contribution < -0.4 is 4.90 Å². The largest absolute Gasteiger partial charge is 0.508 e. The van der Waals surface area contributed by atoms with E-state index in [1.54, 1.807) is 11.0 Å². The fourth-order valence-corrected chi connectivity index (χ4v) is 3.72. The Labute approximate surface area is 141 Å². The molecule has 1 unspecified atom stereocenters. The maximum Gasteiger partial charge on any atom is 0.235 e. The van der Waals surface area contributed by atoms with E-state index in [1.165, 1.54) is 0 Å². The average Bonchev–Trinajstić information content (AvgIpc) is 2.61. The van der Waals surface area contributed by atoms with Crippen molar-refractivity contribution >= 4 is 22.4 Å². The molecule has 1 atom stereocenters. The first-order chi connectivity index (χ1) is 11.5. The van der Waals surface area contributed by atoms with E-state index in [2.05, 4.69) is 0 Å². The first kappa shape index (κ1) is 14.8. The van der Waals surface area contributed by atoms with Gasteiger partial charge in [0, 0.05) is 11.3 Å². The molecule has 0 aromatic heterocycles. The number of rotatable bonds is 2. The number of para-hydroxylation sites is 1. The molecule has 3 heteroatoms. The third-order valence-electron chi connectivity index (χ3n) is 4.97. The number of hydrogen-bond acceptors (Lipinski definition) is 2. The van der Waals surface area contributed by atoms with E-state index in [-0.39, 0.29) is 17.7 Å². The third-order valence-corrected chi connectivity index (χ3v) is 4.97. The lowest BCUT2D eigenvalue weighted by molar-refractivity contribution is -0.137. The summed E-state index contributed by atoms with van der Waals surface area (Å²) in [6.45, 7) is 3.89. The second-order valence-electron chi connectivity index (χ2n) is 6.85. The molecule has 0 bridgehead atoms. The van der Waals surface area contributed by atoms with E-state index < -0.39 is 5.41 Å². The number of phenolic OH excluding ortho intramolecular Hbond substituents is 1. The van der Waals surface area contributed by atoms with Gasteiger partial charge in [-0.05, 0) is 42.8 Å². The first-order valence-corrected chi connectivity index (χ1v) is 8.11. The molecule has 1 aliphatic rings. The molecule has 3 aromatic rings. The van der Waals surface area contributed by atoms with Crippen LogP contribution in [0.1, 0.15) is 25.5 Å². The highest BCUT2D eigenvalue weighted by Crippen LogP contribution is 2.54. The topological polar surface area (TPSA) is 40.5 Å². The number of anilines is 1. The molecule has 1 aliphatic heterocycles. The normalized spacial score (nSPS) is 19.3. The van der Waals surface area contributed by atoms with Crippen molar-refractivity contribution in [1.82, 2.24) is 0 Å². The van der Waals surface area contributed by atoms with Crippen LogP contribution in [0.5, 0.6) is 5.75 Å². The molecule has 3 aromatic carbocycles. The van der Waals surface area contributed by atoms with Crippen LogP contribution in [-0.4, -0.2) is 11.0 Å². The van der Waals surface area contributed by atoms with Crippen LogP contribution in [0.3, 0.4) is 0 Å². The van der Waals surface area contributed by atoms with Crippen molar-refractivity contribution in [1.29, 1.82) is 0 Å². The quantitative estimate of drug-likeness (QED) is 0.698. The Morgan fingerprint density at radius 1 is 0.917 bits per heavy atom. The Kier molecular flexibility index (Phi) is 3.14. The fraction of sp³-hybridized carbons (Fsp3) is 0.190. The summed E-state index contributed by atoms with van der Waals surface area (Å²) in [6, 6.07) is 21.1. The van der Waals surface area contributed by atoms with Gasteiger partial charge < -0.3 is 10.0 Å². The smallest absolute Gasteiger partial charge is 0.235 e. The molecular weight excluding hydrogens is 298 g/mol. The Bertz CT molecular complexity index is 931. The summed E-state index contributed by atoms with van der Waals surface area (Å²) < 4.78 is 0. The number of carbonyl (C=O) groups excluding carboxylic acids is 1. The summed E-state index contributed by atoms with van der Waals surface area (Å²) in [6.07, 6.45) is 0. The van der Waals surface area contributed by atoms with Crippen LogP contribution in [0.4, 0.5) is 5.69 Å². The predicted octanol–water partition coefficient (Wildman–Crippen LogP) is 4.66. The molecule has 4 rings (SSSR count). The van der Waals surface area contributed by atoms with Gasteiger partial charge in [-0.25, -0.2) is 0 Å². The van der Waals surface area contributed by atoms with Gasteiger partial charge in [0.1, 0.15) is 5.75 Å². The number of hydrogen-bond donors (Lipinski definition) is 1. The van der Waals surface area contributed by atoms with Crippen molar-refractivity contribution in [3.05, 3.63) is 72.3 Å². The molecule has 24 heavy (non-hydrogen) atoms.